The Morgan fingerprint density at radius 2 is 1.11 bits per heavy atom. The summed E-state index contributed by atoms with van der Waals surface area (Å²) in [5, 5.41) is 54.0. The lowest BCUT2D eigenvalue weighted by atomic mass is 9.99. The standard InChI is InChI=1S/C51H91NO10/c1-3-5-7-9-11-13-18-23-27-31-35-39-47(56)60-40-36-32-28-24-20-17-15-16-19-22-26-30-34-38-46(55)52-43(42-61-51-50(59)49(58)48(57)45(41-53)62-51)44(54)37-33-29-25-21-14-12-10-8-6-4-2/h9,11,16,19,26,30,33,37,43-45,48-51,53-54,57-59H,3-8,10,12-15,17-18,20-25,27-29,31-32,34-36,38-42H2,1-2H3,(H,52,55)/b11-9-,19-16-,30-26-,37-33+. The third-order valence-corrected chi connectivity index (χ3v) is 11.4. The third kappa shape index (κ3) is 31.5. The Morgan fingerprint density at radius 1 is 0.597 bits per heavy atom. The number of aliphatic hydroxyl groups is 5. The summed E-state index contributed by atoms with van der Waals surface area (Å²) in [6.45, 7) is 4.16. The Balaban J connectivity index is 2.24. The number of carbonyl (C=O) groups is 2. The number of esters is 1. The molecule has 0 aromatic heterocycles. The number of carbonyl (C=O) groups excluding carboxylic acids is 2. The SMILES string of the molecule is CCCC/C=C\CCCCCCCC(=O)OCCCCCCCC/C=C\C/C=C\CCC(=O)NC(COC1OC(CO)C(O)C(O)C1O)C(O)/C=C/CCCCCCCCCC. The molecule has 7 atom stereocenters. The van der Waals surface area contributed by atoms with Gasteiger partial charge in [-0.25, -0.2) is 0 Å². The van der Waals surface area contributed by atoms with Gasteiger partial charge in [0.2, 0.25) is 5.91 Å². The first-order valence-electron chi connectivity index (χ1n) is 24.9. The van der Waals surface area contributed by atoms with Crippen LogP contribution in [0.3, 0.4) is 0 Å². The van der Waals surface area contributed by atoms with Crippen LogP contribution in [0.25, 0.3) is 0 Å². The molecule has 0 saturated carbocycles. The molecule has 6 N–H and O–H groups in total. The fourth-order valence-corrected chi connectivity index (χ4v) is 7.34. The average Bonchev–Trinajstić information content (AvgIpc) is 3.27. The maximum absolute atomic E-state index is 12.9. The second-order valence-corrected chi connectivity index (χ2v) is 17.2. The molecule has 1 saturated heterocycles. The van der Waals surface area contributed by atoms with Crippen LogP contribution in [-0.2, 0) is 23.8 Å². The molecule has 11 nitrogen and oxygen atoms in total. The van der Waals surface area contributed by atoms with Crippen LogP contribution in [0.15, 0.2) is 48.6 Å². The Morgan fingerprint density at radius 3 is 1.73 bits per heavy atom. The van der Waals surface area contributed by atoms with E-state index in [9.17, 15) is 35.1 Å². The van der Waals surface area contributed by atoms with Gasteiger partial charge in [0.05, 0.1) is 32.0 Å². The lowest BCUT2D eigenvalue weighted by Gasteiger charge is -2.40. The summed E-state index contributed by atoms with van der Waals surface area (Å²) in [4.78, 5) is 24.9. The van der Waals surface area contributed by atoms with E-state index in [2.05, 4.69) is 43.5 Å². The molecule has 0 bridgehead atoms. The molecule has 11 heteroatoms. The molecule has 0 aromatic rings. The van der Waals surface area contributed by atoms with Crippen molar-refractivity contribution in [1.82, 2.24) is 5.32 Å². The minimum atomic E-state index is -1.59. The van der Waals surface area contributed by atoms with Crippen molar-refractivity contribution in [3.8, 4) is 0 Å². The molecule has 1 heterocycles. The number of rotatable bonds is 41. The van der Waals surface area contributed by atoms with E-state index in [0.29, 0.717) is 19.4 Å². The van der Waals surface area contributed by atoms with E-state index < -0.39 is 49.5 Å². The van der Waals surface area contributed by atoms with Gasteiger partial charge in [0, 0.05) is 12.8 Å². The number of ether oxygens (including phenoxy) is 3. The molecule has 360 valence electrons. The highest BCUT2D eigenvalue weighted by Gasteiger charge is 2.44. The fraction of sp³-hybridized carbons (Fsp3) is 0.804. The van der Waals surface area contributed by atoms with Gasteiger partial charge in [0.25, 0.3) is 0 Å². The number of amides is 1. The van der Waals surface area contributed by atoms with Gasteiger partial charge in [-0.15, -0.1) is 0 Å². The lowest BCUT2D eigenvalue weighted by molar-refractivity contribution is -0.302. The van der Waals surface area contributed by atoms with E-state index in [0.717, 1.165) is 70.6 Å². The molecule has 1 rings (SSSR count). The molecule has 0 spiro atoms. The van der Waals surface area contributed by atoms with Gasteiger partial charge in [-0.1, -0.05) is 165 Å². The summed E-state index contributed by atoms with van der Waals surface area (Å²) in [6.07, 6.45) is 39.2. The van der Waals surface area contributed by atoms with E-state index in [1.807, 2.05) is 18.2 Å². The fourth-order valence-electron chi connectivity index (χ4n) is 7.34. The number of allylic oxidation sites excluding steroid dienone is 7. The highest BCUT2D eigenvalue weighted by atomic mass is 16.7. The van der Waals surface area contributed by atoms with Crippen LogP contribution in [-0.4, -0.2) is 100 Å². The monoisotopic (exact) mass is 878 g/mol. The normalized spacial score (nSPS) is 20.5. The summed E-state index contributed by atoms with van der Waals surface area (Å²) >= 11 is 0. The van der Waals surface area contributed by atoms with Gasteiger partial charge >= 0.3 is 5.97 Å². The molecule has 0 aliphatic carbocycles. The number of nitrogens with one attached hydrogen (secondary N) is 1. The average molecular weight is 878 g/mol. The van der Waals surface area contributed by atoms with Crippen molar-refractivity contribution in [2.75, 3.05) is 19.8 Å². The van der Waals surface area contributed by atoms with E-state index in [4.69, 9.17) is 14.2 Å². The summed E-state index contributed by atoms with van der Waals surface area (Å²) in [5.41, 5.74) is 0. The van der Waals surface area contributed by atoms with Crippen LogP contribution < -0.4 is 5.32 Å². The molecule has 0 radical (unpaired) electrons. The number of aliphatic hydroxyl groups excluding tert-OH is 5. The van der Waals surface area contributed by atoms with E-state index in [1.165, 1.54) is 96.3 Å². The molecule has 1 fully saturated rings. The van der Waals surface area contributed by atoms with E-state index in [1.54, 1.807) is 6.08 Å². The van der Waals surface area contributed by atoms with Gasteiger partial charge in [-0.05, 0) is 70.6 Å². The highest BCUT2D eigenvalue weighted by Crippen LogP contribution is 2.22. The van der Waals surface area contributed by atoms with Crippen molar-refractivity contribution in [2.24, 2.45) is 0 Å². The van der Waals surface area contributed by atoms with Crippen LogP contribution in [0.5, 0.6) is 0 Å². The molecule has 62 heavy (non-hydrogen) atoms. The topological polar surface area (TPSA) is 175 Å². The molecule has 1 aliphatic heterocycles. The van der Waals surface area contributed by atoms with Gasteiger partial charge in [0.15, 0.2) is 6.29 Å². The van der Waals surface area contributed by atoms with Gasteiger partial charge in [-0.2, -0.15) is 0 Å². The number of unbranched alkanes of at least 4 members (excludes halogenated alkanes) is 21. The second kappa shape index (κ2) is 41.3. The third-order valence-electron chi connectivity index (χ3n) is 11.4. The summed E-state index contributed by atoms with van der Waals surface area (Å²) in [7, 11) is 0. The van der Waals surface area contributed by atoms with Crippen LogP contribution in [0.2, 0.25) is 0 Å². The zero-order valence-corrected chi connectivity index (χ0v) is 39.1. The van der Waals surface area contributed by atoms with Gasteiger partial charge < -0.3 is 45.1 Å². The quantitative estimate of drug-likeness (QED) is 0.0197. The minimum absolute atomic E-state index is 0.0517. The van der Waals surface area contributed by atoms with Gasteiger partial charge in [0.1, 0.15) is 24.4 Å². The van der Waals surface area contributed by atoms with Crippen molar-refractivity contribution >= 4 is 11.9 Å². The summed E-state index contributed by atoms with van der Waals surface area (Å²) in [6, 6.07) is -0.853. The van der Waals surface area contributed by atoms with Gasteiger partial charge in [-0.3, -0.25) is 9.59 Å². The van der Waals surface area contributed by atoms with Crippen LogP contribution >= 0.6 is 0 Å². The predicted molar refractivity (Wildman–Crippen MR) is 250 cm³/mol. The van der Waals surface area contributed by atoms with Crippen LogP contribution in [0, 0.1) is 0 Å². The smallest absolute Gasteiger partial charge is 0.305 e. The van der Waals surface area contributed by atoms with E-state index >= 15 is 0 Å². The molecule has 0 aromatic carbocycles. The first-order valence-corrected chi connectivity index (χ1v) is 24.9. The molecular formula is C51H91NO10. The van der Waals surface area contributed by atoms with Crippen molar-refractivity contribution in [3.63, 3.8) is 0 Å². The molecule has 7 unspecified atom stereocenters. The largest absolute Gasteiger partial charge is 0.466 e. The molecular weight excluding hydrogens is 787 g/mol. The van der Waals surface area contributed by atoms with Crippen LogP contribution in [0.1, 0.15) is 200 Å². The van der Waals surface area contributed by atoms with Crippen LogP contribution in [0.4, 0.5) is 0 Å². The highest BCUT2D eigenvalue weighted by molar-refractivity contribution is 5.76. The predicted octanol–water partition coefficient (Wildman–Crippen LogP) is 9.77. The lowest BCUT2D eigenvalue weighted by Crippen LogP contribution is -2.60. The Bertz CT molecular complexity index is 1170. The maximum atomic E-state index is 12.9. The molecule has 1 amide bonds. The Hall–Kier alpha value is -2.38. The van der Waals surface area contributed by atoms with Crippen molar-refractivity contribution in [1.29, 1.82) is 0 Å². The number of hydrogen-bond donors (Lipinski definition) is 6. The van der Waals surface area contributed by atoms with Crippen molar-refractivity contribution < 1.29 is 49.3 Å². The Kier molecular flexibility index (Phi) is 38.4. The first kappa shape index (κ1) is 57.6. The van der Waals surface area contributed by atoms with Crippen molar-refractivity contribution in [2.45, 2.75) is 243 Å². The number of hydrogen-bond acceptors (Lipinski definition) is 10. The van der Waals surface area contributed by atoms with E-state index in [-0.39, 0.29) is 24.9 Å². The maximum Gasteiger partial charge on any atom is 0.305 e. The second-order valence-electron chi connectivity index (χ2n) is 17.2. The first-order chi connectivity index (χ1) is 30.2. The minimum Gasteiger partial charge on any atom is -0.466 e. The van der Waals surface area contributed by atoms with Crippen molar-refractivity contribution in [3.05, 3.63) is 48.6 Å². The zero-order chi connectivity index (χ0) is 45.3. The Labute approximate surface area is 376 Å². The summed E-state index contributed by atoms with van der Waals surface area (Å²) < 4.78 is 16.6. The zero-order valence-electron chi connectivity index (χ0n) is 39.1. The summed E-state index contributed by atoms with van der Waals surface area (Å²) in [5.74, 6) is -0.318. The molecule has 1 aliphatic rings.